The maximum atomic E-state index is 15.1. The number of benzene rings is 1. The third-order valence-electron chi connectivity index (χ3n) is 7.38. The molecule has 3 aromatic heterocycles. The highest BCUT2D eigenvalue weighted by atomic mass is 19.3. The van der Waals surface area contributed by atoms with Crippen LogP contribution in [0.25, 0.3) is 22.4 Å². The molecule has 0 bridgehead atoms. The Morgan fingerprint density at radius 3 is 2.52 bits per heavy atom. The van der Waals surface area contributed by atoms with Gasteiger partial charge in [0.05, 0.1) is 30.5 Å². The van der Waals surface area contributed by atoms with E-state index in [1.54, 1.807) is 23.2 Å². The number of nitrogens with two attached hydrogens (primary N) is 2. The molecule has 14 heteroatoms. The summed E-state index contributed by atoms with van der Waals surface area (Å²) in [6, 6.07) is 3.95. The van der Waals surface area contributed by atoms with E-state index in [1.807, 2.05) is 4.90 Å². The Hall–Kier alpha value is -4.04. The monoisotopic (exact) mass is 588 g/mol. The van der Waals surface area contributed by atoms with Crippen LogP contribution in [-0.4, -0.2) is 62.5 Å². The second-order valence-corrected chi connectivity index (χ2v) is 11.0. The Morgan fingerprint density at radius 1 is 1.10 bits per heavy atom. The number of halogens is 4. The number of nitrogen functional groups attached to an aromatic ring is 1. The fraction of sp³-hybridized carbons (Fsp3) is 0.429. The van der Waals surface area contributed by atoms with Gasteiger partial charge < -0.3 is 30.4 Å². The number of aromatic nitrogens is 5. The van der Waals surface area contributed by atoms with Gasteiger partial charge in [-0.1, -0.05) is 0 Å². The van der Waals surface area contributed by atoms with E-state index in [1.165, 1.54) is 27.3 Å². The fourth-order valence-corrected chi connectivity index (χ4v) is 5.19. The summed E-state index contributed by atoms with van der Waals surface area (Å²) in [7, 11) is 1.37. The van der Waals surface area contributed by atoms with Crippen molar-refractivity contribution in [1.82, 2.24) is 24.5 Å². The van der Waals surface area contributed by atoms with Gasteiger partial charge in [-0.15, -0.1) is 0 Å². The van der Waals surface area contributed by atoms with Crippen molar-refractivity contribution in [2.75, 3.05) is 30.8 Å². The molecule has 0 unspecified atom stereocenters. The minimum atomic E-state index is -2.54. The van der Waals surface area contributed by atoms with Crippen LogP contribution in [0.15, 0.2) is 37.1 Å². The molecule has 0 saturated carbocycles. The van der Waals surface area contributed by atoms with Gasteiger partial charge in [0.2, 0.25) is 12.2 Å². The van der Waals surface area contributed by atoms with Gasteiger partial charge in [0.1, 0.15) is 11.8 Å². The second kappa shape index (κ2) is 11.3. The highest BCUT2D eigenvalue weighted by molar-refractivity contribution is 5.81. The summed E-state index contributed by atoms with van der Waals surface area (Å²) in [6.45, 7) is 4.04. The summed E-state index contributed by atoms with van der Waals surface area (Å²) >= 11 is 0. The maximum absolute atomic E-state index is 15.1. The molecule has 0 spiro atoms. The Kier molecular flexibility index (Phi) is 7.94. The van der Waals surface area contributed by atoms with Gasteiger partial charge in [-0.05, 0) is 36.6 Å². The molecule has 4 aromatic rings. The first kappa shape index (κ1) is 29.5. The van der Waals surface area contributed by atoms with E-state index >= 15 is 8.78 Å². The van der Waals surface area contributed by atoms with Crippen LogP contribution >= 0.6 is 0 Å². The molecular weight excluding hydrogens is 556 g/mol. The summed E-state index contributed by atoms with van der Waals surface area (Å²) in [6.07, 6.45) is 2.55. The zero-order chi connectivity index (χ0) is 30.2. The van der Waals surface area contributed by atoms with Crippen molar-refractivity contribution in [3.63, 3.8) is 0 Å². The number of rotatable bonds is 9. The summed E-state index contributed by atoms with van der Waals surface area (Å²) in [5.41, 5.74) is 14.0. The molecule has 4 N–H and O–H groups in total. The molecule has 1 atom stereocenters. The van der Waals surface area contributed by atoms with E-state index in [0.717, 1.165) is 12.1 Å². The standard InChI is InChI=1S/C28H32F4N8O2/c1-27(2,41-3)42-24-18(29)7-16(8-19(24)30)20-9-17(12-40-15-38-23-25(33)36-14-37-26(23)40)21(11-35-20)39-6-4-5-28(34,13-39)10-22(31)32/h7-9,11,14-15,22H,4-6,10,12-13,34H2,1-3H3,(H2,33,36,37)/t28-/m0/s1. The van der Waals surface area contributed by atoms with Crippen molar-refractivity contribution in [1.29, 1.82) is 0 Å². The predicted octanol–water partition coefficient (Wildman–Crippen LogP) is 4.51. The minimum Gasteiger partial charge on any atom is -0.457 e. The topological polar surface area (TPSA) is 130 Å². The van der Waals surface area contributed by atoms with Crippen LogP contribution in [0.5, 0.6) is 5.75 Å². The Bertz CT molecular complexity index is 1570. The first-order valence-electron chi connectivity index (χ1n) is 13.3. The molecular formula is C28H32F4N8O2. The third kappa shape index (κ3) is 6.09. The van der Waals surface area contributed by atoms with Crippen LogP contribution < -0.4 is 21.1 Å². The van der Waals surface area contributed by atoms with Crippen molar-refractivity contribution in [3.8, 4) is 17.0 Å². The van der Waals surface area contributed by atoms with Crippen LogP contribution in [0.2, 0.25) is 0 Å². The van der Waals surface area contributed by atoms with Gasteiger partial charge in [-0.2, -0.15) is 0 Å². The number of piperidine rings is 1. The fourth-order valence-electron chi connectivity index (χ4n) is 5.19. The highest BCUT2D eigenvalue weighted by Crippen LogP contribution is 2.35. The average Bonchev–Trinajstić information content (AvgIpc) is 3.34. The van der Waals surface area contributed by atoms with Crippen LogP contribution in [-0.2, 0) is 11.3 Å². The second-order valence-electron chi connectivity index (χ2n) is 11.0. The zero-order valence-electron chi connectivity index (χ0n) is 23.5. The molecule has 42 heavy (non-hydrogen) atoms. The Labute approximate surface area is 239 Å². The molecule has 1 aliphatic rings. The predicted molar refractivity (Wildman–Crippen MR) is 149 cm³/mol. The number of fused-ring (bicyclic) bond motifs is 1. The van der Waals surface area contributed by atoms with Gasteiger partial charge in [0, 0.05) is 51.6 Å². The van der Waals surface area contributed by atoms with Crippen LogP contribution in [0.3, 0.4) is 0 Å². The van der Waals surface area contributed by atoms with Gasteiger partial charge in [-0.3, -0.25) is 4.98 Å². The lowest BCUT2D eigenvalue weighted by atomic mass is 9.86. The summed E-state index contributed by atoms with van der Waals surface area (Å²) in [5, 5.41) is 0. The molecule has 10 nitrogen and oxygen atoms in total. The van der Waals surface area contributed by atoms with Gasteiger partial charge in [-0.25, -0.2) is 32.5 Å². The van der Waals surface area contributed by atoms with Crippen LogP contribution in [0.4, 0.5) is 29.1 Å². The SMILES string of the molecule is COC(C)(C)Oc1c(F)cc(-c2cc(Cn3cnc4c(N)ncnc43)c(N3CCC[C@](N)(CC(F)F)C3)cn2)cc1F. The number of ether oxygens (including phenoxy) is 2. The van der Waals surface area contributed by atoms with E-state index in [9.17, 15) is 8.78 Å². The third-order valence-corrected chi connectivity index (χ3v) is 7.38. The largest absolute Gasteiger partial charge is 0.457 e. The lowest BCUT2D eigenvalue weighted by Gasteiger charge is -2.42. The van der Waals surface area contributed by atoms with Gasteiger partial charge in [0.25, 0.3) is 0 Å². The normalized spacial score (nSPS) is 17.8. The molecule has 1 aromatic carbocycles. The minimum absolute atomic E-state index is 0.173. The van der Waals surface area contributed by atoms with E-state index in [0.29, 0.717) is 41.8 Å². The molecule has 4 heterocycles. The molecule has 1 saturated heterocycles. The average molecular weight is 589 g/mol. The van der Waals surface area contributed by atoms with Gasteiger partial charge >= 0.3 is 0 Å². The number of hydrogen-bond acceptors (Lipinski definition) is 9. The quantitative estimate of drug-likeness (QED) is 0.214. The number of alkyl halides is 2. The van der Waals surface area contributed by atoms with Crippen molar-refractivity contribution < 1.29 is 27.0 Å². The summed E-state index contributed by atoms with van der Waals surface area (Å²) in [4.78, 5) is 19.0. The smallest absolute Gasteiger partial charge is 0.240 e. The number of hydrogen-bond donors (Lipinski definition) is 2. The van der Waals surface area contributed by atoms with Crippen molar-refractivity contribution in [2.24, 2.45) is 5.73 Å². The Balaban J connectivity index is 1.56. The molecule has 1 aliphatic heterocycles. The molecule has 0 radical (unpaired) electrons. The van der Waals surface area contributed by atoms with Crippen molar-refractivity contribution in [3.05, 3.63) is 54.2 Å². The lowest BCUT2D eigenvalue weighted by molar-refractivity contribution is -0.137. The van der Waals surface area contributed by atoms with E-state index < -0.39 is 41.6 Å². The zero-order valence-corrected chi connectivity index (χ0v) is 23.5. The van der Waals surface area contributed by atoms with Gasteiger partial charge in [0.15, 0.2) is 28.8 Å². The van der Waals surface area contributed by atoms with Crippen LogP contribution in [0.1, 0.15) is 38.7 Å². The van der Waals surface area contributed by atoms with E-state index in [4.69, 9.17) is 20.9 Å². The molecule has 1 fully saturated rings. The Morgan fingerprint density at radius 2 is 1.83 bits per heavy atom. The molecule has 5 rings (SSSR count). The van der Waals surface area contributed by atoms with Crippen LogP contribution in [0, 0.1) is 11.6 Å². The lowest BCUT2D eigenvalue weighted by Crippen LogP contribution is -2.55. The number of imidazole rings is 1. The van der Waals surface area contributed by atoms with Crippen molar-refractivity contribution >= 4 is 22.7 Å². The first-order valence-corrected chi connectivity index (χ1v) is 13.3. The first-order chi connectivity index (χ1) is 19.9. The van der Waals surface area contributed by atoms with E-state index in [-0.39, 0.29) is 30.2 Å². The number of pyridine rings is 1. The maximum Gasteiger partial charge on any atom is 0.240 e. The molecule has 0 amide bonds. The number of anilines is 2. The molecule has 224 valence electrons. The van der Waals surface area contributed by atoms with E-state index in [2.05, 4.69) is 19.9 Å². The van der Waals surface area contributed by atoms with Crippen molar-refractivity contribution in [2.45, 2.75) is 57.4 Å². The highest BCUT2D eigenvalue weighted by Gasteiger charge is 2.35. The number of methoxy groups -OCH3 is 1. The molecule has 0 aliphatic carbocycles. The number of nitrogens with zero attached hydrogens (tertiary/aromatic N) is 6. The summed E-state index contributed by atoms with van der Waals surface area (Å²) < 4.78 is 69.1. The summed E-state index contributed by atoms with van der Waals surface area (Å²) in [5.74, 6) is -3.46.